The molecule has 2 N–H and O–H groups in total. The molecule has 0 saturated heterocycles. The number of carbonyl (C=O) groups is 1. The van der Waals surface area contributed by atoms with Gasteiger partial charge in [-0.3, -0.25) is 0 Å². The van der Waals surface area contributed by atoms with E-state index in [0.29, 0.717) is 13.2 Å². The number of amides is 1. The highest BCUT2D eigenvalue weighted by atomic mass is 16.5. The number of ether oxygens (including phenoxy) is 1. The van der Waals surface area contributed by atoms with Gasteiger partial charge in [-0.15, -0.1) is 0 Å². The van der Waals surface area contributed by atoms with Crippen LogP contribution in [0.25, 0.3) is 11.1 Å². The first-order valence-corrected chi connectivity index (χ1v) is 8.51. The van der Waals surface area contributed by atoms with Crippen LogP contribution in [0, 0.1) is 5.92 Å². The molecule has 0 aliphatic heterocycles. The van der Waals surface area contributed by atoms with Gasteiger partial charge in [0.25, 0.3) is 0 Å². The van der Waals surface area contributed by atoms with Crippen LogP contribution in [0.2, 0.25) is 0 Å². The summed E-state index contributed by atoms with van der Waals surface area (Å²) in [6, 6.07) is 16.6. The van der Waals surface area contributed by atoms with E-state index < -0.39 is 6.09 Å². The Bertz CT molecular complexity index is 713. The lowest BCUT2D eigenvalue weighted by Gasteiger charge is -2.32. The third-order valence-electron chi connectivity index (χ3n) is 5.23. The van der Waals surface area contributed by atoms with Crippen molar-refractivity contribution in [2.75, 3.05) is 13.2 Å². The molecule has 1 saturated carbocycles. The van der Waals surface area contributed by atoms with Crippen molar-refractivity contribution in [2.45, 2.75) is 24.9 Å². The van der Waals surface area contributed by atoms with Gasteiger partial charge in [-0.2, -0.15) is 0 Å². The van der Waals surface area contributed by atoms with Gasteiger partial charge >= 0.3 is 6.09 Å². The van der Waals surface area contributed by atoms with Crippen LogP contribution >= 0.6 is 0 Å². The molecule has 0 aromatic heterocycles. The minimum absolute atomic E-state index is 0.0810. The molecule has 2 aromatic carbocycles. The van der Waals surface area contributed by atoms with Crippen LogP contribution < -0.4 is 5.32 Å². The normalized spacial score (nSPS) is 21.5. The molecule has 1 fully saturated rings. The summed E-state index contributed by atoms with van der Waals surface area (Å²) < 4.78 is 5.46. The summed E-state index contributed by atoms with van der Waals surface area (Å²) in [5.41, 5.74) is 4.86. The highest BCUT2D eigenvalue weighted by Gasteiger charge is 2.30. The summed E-state index contributed by atoms with van der Waals surface area (Å²) in [5.74, 6) is 0.253. The van der Waals surface area contributed by atoms with Gasteiger partial charge in [0, 0.05) is 18.4 Å². The predicted molar refractivity (Wildman–Crippen MR) is 91.8 cm³/mol. The number of nitrogens with one attached hydrogen (secondary N) is 1. The number of aliphatic hydroxyl groups is 1. The van der Waals surface area contributed by atoms with Crippen LogP contribution in [-0.4, -0.2) is 30.5 Å². The molecular formula is C20H21NO3. The van der Waals surface area contributed by atoms with Crippen LogP contribution in [0.5, 0.6) is 0 Å². The Morgan fingerprint density at radius 2 is 1.67 bits per heavy atom. The molecule has 4 nitrogen and oxygen atoms in total. The van der Waals surface area contributed by atoms with Gasteiger partial charge in [0.05, 0.1) is 6.10 Å². The lowest BCUT2D eigenvalue weighted by Crippen LogP contribution is -2.41. The molecule has 0 spiro atoms. The molecule has 4 rings (SSSR count). The molecule has 4 heteroatoms. The van der Waals surface area contributed by atoms with Crippen LogP contribution in [0.15, 0.2) is 48.5 Å². The predicted octanol–water partition coefficient (Wildman–Crippen LogP) is 3.30. The van der Waals surface area contributed by atoms with E-state index in [2.05, 4.69) is 29.6 Å². The summed E-state index contributed by atoms with van der Waals surface area (Å²) in [4.78, 5) is 12.0. The summed E-state index contributed by atoms with van der Waals surface area (Å²) in [6.45, 7) is 0.810. The maximum absolute atomic E-state index is 12.0. The molecule has 0 bridgehead atoms. The molecule has 124 valence electrons. The maximum Gasteiger partial charge on any atom is 0.407 e. The van der Waals surface area contributed by atoms with Crippen molar-refractivity contribution in [1.29, 1.82) is 0 Å². The van der Waals surface area contributed by atoms with E-state index in [-0.39, 0.29) is 17.9 Å². The van der Waals surface area contributed by atoms with E-state index in [4.69, 9.17) is 4.74 Å². The summed E-state index contributed by atoms with van der Waals surface area (Å²) in [7, 11) is 0. The van der Waals surface area contributed by atoms with Crippen LogP contribution in [-0.2, 0) is 4.74 Å². The first-order valence-electron chi connectivity index (χ1n) is 8.51. The Morgan fingerprint density at radius 3 is 2.21 bits per heavy atom. The van der Waals surface area contributed by atoms with Crippen molar-refractivity contribution in [1.82, 2.24) is 5.32 Å². The average Bonchev–Trinajstić information content (AvgIpc) is 2.93. The van der Waals surface area contributed by atoms with Gasteiger partial charge in [0.1, 0.15) is 6.61 Å². The van der Waals surface area contributed by atoms with E-state index in [1.54, 1.807) is 0 Å². The SMILES string of the molecule is O=C(NC[C@H]1CC[C@@H]1O)OCC1c2ccccc2-c2ccccc21. The van der Waals surface area contributed by atoms with Crippen molar-refractivity contribution < 1.29 is 14.6 Å². The molecular weight excluding hydrogens is 302 g/mol. The third-order valence-corrected chi connectivity index (χ3v) is 5.23. The first kappa shape index (κ1) is 15.2. The largest absolute Gasteiger partial charge is 0.449 e. The molecule has 2 aliphatic carbocycles. The number of benzene rings is 2. The zero-order valence-electron chi connectivity index (χ0n) is 13.4. The van der Waals surface area contributed by atoms with Crippen molar-refractivity contribution in [3.8, 4) is 11.1 Å². The fraction of sp³-hybridized carbons (Fsp3) is 0.350. The number of carbonyl (C=O) groups excluding carboxylic acids is 1. The van der Waals surface area contributed by atoms with E-state index in [1.807, 2.05) is 24.3 Å². The molecule has 2 aromatic rings. The highest BCUT2D eigenvalue weighted by Crippen LogP contribution is 2.44. The minimum Gasteiger partial charge on any atom is -0.449 e. The van der Waals surface area contributed by atoms with Crippen molar-refractivity contribution in [3.63, 3.8) is 0 Å². The number of alkyl carbamates (subject to hydrolysis) is 1. The van der Waals surface area contributed by atoms with Crippen molar-refractivity contribution in [2.24, 2.45) is 5.92 Å². The molecule has 0 unspecified atom stereocenters. The lowest BCUT2D eigenvalue weighted by atomic mass is 9.82. The Labute approximate surface area is 141 Å². The standard InChI is InChI=1S/C20H21NO3/c22-19-10-9-13(19)11-21-20(23)24-12-18-16-7-3-1-5-14(16)15-6-2-4-8-17(15)18/h1-8,13,18-19,22H,9-12H2,(H,21,23)/t13-,19+/m1/s1. The van der Waals surface area contributed by atoms with E-state index in [1.165, 1.54) is 22.3 Å². The van der Waals surface area contributed by atoms with Crippen LogP contribution in [0.4, 0.5) is 4.79 Å². The van der Waals surface area contributed by atoms with Crippen LogP contribution in [0.1, 0.15) is 29.9 Å². The quantitative estimate of drug-likeness (QED) is 0.907. The zero-order valence-corrected chi connectivity index (χ0v) is 13.4. The van der Waals surface area contributed by atoms with Gasteiger partial charge in [-0.25, -0.2) is 4.79 Å². The molecule has 24 heavy (non-hydrogen) atoms. The average molecular weight is 323 g/mol. The van der Waals surface area contributed by atoms with E-state index in [0.717, 1.165) is 12.8 Å². The second-order valence-electron chi connectivity index (χ2n) is 6.61. The number of rotatable bonds is 4. The van der Waals surface area contributed by atoms with Gasteiger partial charge in [-0.05, 0) is 35.1 Å². The second kappa shape index (κ2) is 6.29. The maximum atomic E-state index is 12.0. The number of fused-ring (bicyclic) bond motifs is 3. The molecule has 0 heterocycles. The molecule has 2 aliphatic rings. The van der Waals surface area contributed by atoms with Gasteiger partial charge in [-0.1, -0.05) is 48.5 Å². The van der Waals surface area contributed by atoms with Crippen molar-refractivity contribution in [3.05, 3.63) is 59.7 Å². The molecule has 0 radical (unpaired) electrons. The zero-order chi connectivity index (χ0) is 16.5. The number of aliphatic hydroxyl groups excluding tert-OH is 1. The lowest BCUT2D eigenvalue weighted by molar-refractivity contribution is 0.0240. The molecule has 2 atom stereocenters. The van der Waals surface area contributed by atoms with Crippen molar-refractivity contribution >= 4 is 6.09 Å². The Morgan fingerprint density at radius 1 is 1.04 bits per heavy atom. The van der Waals surface area contributed by atoms with Gasteiger partial charge in [0.2, 0.25) is 0 Å². The van der Waals surface area contributed by atoms with Gasteiger partial charge < -0.3 is 15.2 Å². The highest BCUT2D eigenvalue weighted by molar-refractivity contribution is 5.79. The third kappa shape index (κ3) is 2.67. The van der Waals surface area contributed by atoms with E-state index >= 15 is 0 Å². The Balaban J connectivity index is 1.42. The Kier molecular flexibility index (Phi) is 3.98. The topological polar surface area (TPSA) is 58.6 Å². The minimum atomic E-state index is -0.407. The first-order chi connectivity index (χ1) is 11.7. The summed E-state index contributed by atoms with van der Waals surface area (Å²) in [6.07, 6.45) is 1.11. The fourth-order valence-corrected chi connectivity index (χ4v) is 3.65. The summed E-state index contributed by atoms with van der Waals surface area (Å²) >= 11 is 0. The smallest absolute Gasteiger partial charge is 0.407 e. The fourth-order valence-electron chi connectivity index (χ4n) is 3.65. The number of hydrogen-bond acceptors (Lipinski definition) is 3. The number of hydrogen-bond donors (Lipinski definition) is 2. The van der Waals surface area contributed by atoms with Gasteiger partial charge in [0.15, 0.2) is 0 Å². The molecule has 1 amide bonds. The second-order valence-corrected chi connectivity index (χ2v) is 6.61. The van der Waals surface area contributed by atoms with E-state index in [9.17, 15) is 9.90 Å². The van der Waals surface area contributed by atoms with Crippen LogP contribution in [0.3, 0.4) is 0 Å². The monoisotopic (exact) mass is 323 g/mol. The summed E-state index contributed by atoms with van der Waals surface area (Å²) in [5, 5.41) is 12.3. The Hall–Kier alpha value is -2.33.